The van der Waals surface area contributed by atoms with E-state index in [1.54, 1.807) is 0 Å². The molecule has 2 fully saturated rings. The number of carbonyl (C=O) groups excluding carboxylic acids is 2. The van der Waals surface area contributed by atoms with E-state index in [2.05, 4.69) is 27.7 Å². The Hall–Kier alpha value is -1.14. The van der Waals surface area contributed by atoms with Gasteiger partial charge in [0, 0.05) is 49.7 Å². The Labute approximate surface area is 169 Å². The largest absolute Gasteiger partial charge is 0.462 e. The van der Waals surface area contributed by atoms with Crippen LogP contribution in [0.1, 0.15) is 80.1 Å². The number of unbranched alkanes of at least 4 members (excludes halogenated alkanes) is 1. The Morgan fingerprint density at radius 2 is 1.07 bits per heavy atom. The number of ether oxygens (including phenoxy) is 4. The quantitative estimate of drug-likeness (QED) is 0.386. The van der Waals surface area contributed by atoms with Gasteiger partial charge in [0.15, 0.2) is 0 Å². The molecule has 0 radical (unpaired) electrons. The van der Waals surface area contributed by atoms with E-state index < -0.39 is 0 Å². The first-order chi connectivity index (χ1) is 13.1. The molecule has 0 aromatic heterocycles. The van der Waals surface area contributed by atoms with E-state index in [9.17, 15) is 9.59 Å². The Balaban J connectivity index is 1.58. The van der Waals surface area contributed by atoms with Crippen LogP contribution >= 0.6 is 0 Å². The summed E-state index contributed by atoms with van der Waals surface area (Å²) in [6.07, 6.45) is 3.60. The van der Waals surface area contributed by atoms with Crippen LogP contribution in [0.3, 0.4) is 0 Å². The zero-order chi connectivity index (χ0) is 20.9. The van der Waals surface area contributed by atoms with Crippen molar-refractivity contribution < 1.29 is 28.5 Å². The Kier molecular flexibility index (Phi) is 7.91. The first-order valence-corrected chi connectivity index (χ1v) is 10.7. The average Bonchev–Trinajstić information content (AvgIpc) is 2.63. The standard InChI is InChI=1S/C22H38O6/c1-7-25-15-13-17(21(15,3)4)27-19(23)11-9-10-12-20(24)28-18-14-16(26-8-2)22(18,5)6/h15-18H,7-14H2,1-6H3. The van der Waals surface area contributed by atoms with Crippen molar-refractivity contribution >= 4 is 11.9 Å². The van der Waals surface area contributed by atoms with E-state index >= 15 is 0 Å². The van der Waals surface area contributed by atoms with E-state index in [1.165, 1.54) is 0 Å². The van der Waals surface area contributed by atoms with Crippen LogP contribution in [-0.2, 0) is 28.5 Å². The maximum Gasteiger partial charge on any atom is 0.306 e. The first-order valence-electron chi connectivity index (χ1n) is 10.7. The lowest BCUT2D eigenvalue weighted by molar-refractivity contribution is -0.203. The summed E-state index contributed by atoms with van der Waals surface area (Å²) >= 11 is 0. The molecule has 0 bridgehead atoms. The van der Waals surface area contributed by atoms with E-state index in [4.69, 9.17) is 18.9 Å². The highest BCUT2D eigenvalue weighted by Crippen LogP contribution is 2.45. The fourth-order valence-electron chi connectivity index (χ4n) is 4.04. The number of carbonyl (C=O) groups is 2. The summed E-state index contributed by atoms with van der Waals surface area (Å²) in [7, 11) is 0. The third-order valence-electron chi connectivity index (χ3n) is 6.47. The van der Waals surface area contributed by atoms with Crippen LogP contribution in [0, 0.1) is 10.8 Å². The molecule has 28 heavy (non-hydrogen) atoms. The zero-order valence-electron chi connectivity index (χ0n) is 18.4. The Morgan fingerprint density at radius 1 is 0.714 bits per heavy atom. The molecular formula is C22H38O6. The van der Waals surface area contributed by atoms with Gasteiger partial charge in [-0.15, -0.1) is 0 Å². The van der Waals surface area contributed by atoms with Crippen LogP contribution in [0.15, 0.2) is 0 Å². The minimum absolute atomic E-state index is 0.0827. The molecular weight excluding hydrogens is 360 g/mol. The third kappa shape index (κ3) is 5.26. The van der Waals surface area contributed by atoms with E-state index in [0.29, 0.717) is 38.9 Å². The van der Waals surface area contributed by atoms with Gasteiger partial charge in [-0.3, -0.25) is 9.59 Å². The van der Waals surface area contributed by atoms with Gasteiger partial charge < -0.3 is 18.9 Å². The summed E-state index contributed by atoms with van der Waals surface area (Å²) in [5.41, 5.74) is -0.269. The van der Waals surface area contributed by atoms with Gasteiger partial charge in [0.1, 0.15) is 12.2 Å². The van der Waals surface area contributed by atoms with Crippen molar-refractivity contribution in [1.82, 2.24) is 0 Å². The molecule has 2 aliphatic carbocycles. The van der Waals surface area contributed by atoms with Gasteiger partial charge in [0.05, 0.1) is 12.2 Å². The predicted molar refractivity (Wildman–Crippen MR) is 106 cm³/mol. The minimum Gasteiger partial charge on any atom is -0.462 e. The van der Waals surface area contributed by atoms with Crippen molar-refractivity contribution in [2.75, 3.05) is 13.2 Å². The van der Waals surface area contributed by atoms with Gasteiger partial charge in [-0.1, -0.05) is 27.7 Å². The molecule has 6 heteroatoms. The molecule has 2 rings (SSSR count). The molecule has 4 unspecified atom stereocenters. The van der Waals surface area contributed by atoms with Gasteiger partial charge in [-0.05, 0) is 26.7 Å². The summed E-state index contributed by atoms with van der Waals surface area (Å²) in [5.74, 6) is -0.387. The SMILES string of the molecule is CCOC1CC(OC(=O)CCCCC(=O)OC2CC(OCC)C2(C)C)C1(C)C. The smallest absolute Gasteiger partial charge is 0.306 e. The lowest BCUT2D eigenvalue weighted by Crippen LogP contribution is -2.56. The maximum absolute atomic E-state index is 12.1. The lowest BCUT2D eigenvalue weighted by atomic mass is 9.66. The Bertz CT molecular complexity index is 493. The van der Waals surface area contributed by atoms with Crippen molar-refractivity contribution in [1.29, 1.82) is 0 Å². The van der Waals surface area contributed by atoms with Crippen LogP contribution in [-0.4, -0.2) is 49.6 Å². The van der Waals surface area contributed by atoms with Crippen LogP contribution < -0.4 is 0 Å². The van der Waals surface area contributed by atoms with Crippen molar-refractivity contribution in [3.05, 3.63) is 0 Å². The molecule has 0 N–H and O–H groups in total. The third-order valence-corrected chi connectivity index (χ3v) is 6.47. The molecule has 0 saturated heterocycles. The van der Waals surface area contributed by atoms with E-state index in [-0.39, 0.29) is 47.2 Å². The molecule has 0 heterocycles. The predicted octanol–water partition coefficient (Wildman–Crippen LogP) is 4.04. The average molecular weight is 399 g/mol. The second kappa shape index (κ2) is 9.57. The summed E-state index contributed by atoms with van der Waals surface area (Å²) in [4.78, 5) is 24.1. The number of hydrogen-bond acceptors (Lipinski definition) is 6. The maximum atomic E-state index is 12.1. The monoisotopic (exact) mass is 398 g/mol. The fraction of sp³-hybridized carbons (Fsp3) is 0.909. The molecule has 2 saturated carbocycles. The van der Waals surface area contributed by atoms with Crippen molar-refractivity contribution in [2.45, 2.75) is 104 Å². The van der Waals surface area contributed by atoms with Crippen molar-refractivity contribution in [3.8, 4) is 0 Å². The number of esters is 2. The van der Waals surface area contributed by atoms with Crippen molar-refractivity contribution in [3.63, 3.8) is 0 Å². The molecule has 2 aliphatic rings. The molecule has 162 valence electrons. The van der Waals surface area contributed by atoms with Gasteiger partial charge >= 0.3 is 11.9 Å². The zero-order valence-corrected chi connectivity index (χ0v) is 18.4. The van der Waals surface area contributed by atoms with Crippen LogP contribution in [0.25, 0.3) is 0 Å². The molecule has 4 atom stereocenters. The van der Waals surface area contributed by atoms with Gasteiger partial charge in [-0.25, -0.2) is 0 Å². The molecule has 6 nitrogen and oxygen atoms in total. The lowest BCUT2D eigenvalue weighted by Gasteiger charge is -2.50. The molecule has 0 aromatic rings. The van der Waals surface area contributed by atoms with Gasteiger partial charge in [0.25, 0.3) is 0 Å². The highest BCUT2D eigenvalue weighted by Gasteiger charge is 2.52. The molecule has 0 amide bonds. The second-order valence-corrected chi connectivity index (χ2v) is 9.17. The van der Waals surface area contributed by atoms with Gasteiger partial charge in [-0.2, -0.15) is 0 Å². The van der Waals surface area contributed by atoms with E-state index in [0.717, 1.165) is 12.8 Å². The fourth-order valence-corrected chi connectivity index (χ4v) is 4.04. The van der Waals surface area contributed by atoms with E-state index in [1.807, 2.05) is 13.8 Å². The highest BCUT2D eigenvalue weighted by atomic mass is 16.6. The molecule has 0 aromatic carbocycles. The molecule has 0 aliphatic heterocycles. The van der Waals surface area contributed by atoms with Crippen molar-refractivity contribution in [2.24, 2.45) is 10.8 Å². The normalized spacial score (nSPS) is 30.1. The summed E-state index contributed by atoms with van der Waals surface area (Å²) in [6, 6.07) is 0. The van der Waals surface area contributed by atoms with Crippen LogP contribution in [0.2, 0.25) is 0 Å². The highest BCUT2D eigenvalue weighted by molar-refractivity contribution is 5.71. The summed E-state index contributed by atoms with van der Waals surface area (Å²) < 4.78 is 22.5. The number of hydrogen-bond donors (Lipinski definition) is 0. The second-order valence-electron chi connectivity index (χ2n) is 9.17. The summed E-state index contributed by atoms with van der Waals surface area (Å²) in [6.45, 7) is 13.6. The molecule has 0 spiro atoms. The van der Waals surface area contributed by atoms with Gasteiger partial charge in [0.2, 0.25) is 0 Å². The Morgan fingerprint density at radius 3 is 1.36 bits per heavy atom. The first kappa shape index (κ1) is 23.1. The van der Waals surface area contributed by atoms with Crippen LogP contribution in [0.4, 0.5) is 0 Å². The minimum atomic E-state index is -0.193. The topological polar surface area (TPSA) is 71.1 Å². The summed E-state index contributed by atoms with van der Waals surface area (Å²) in [5, 5.41) is 0. The number of rotatable bonds is 11. The van der Waals surface area contributed by atoms with Crippen LogP contribution in [0.5, 0.6) is 0 Å².